The molecule has 0 radical (unpaired) electrons. The van der Waals surface area contributed by atoms with Crippen molar-refractivity contribution < 1.29 is 19.0 Å². The van der Waals surface area contributed by atoms with Crippen LogP contribution in [0.5, 0.6) is 17.2 Å². The number of ketones is 1. The number of benzene rings is 2. The van der Waals surface area contributed by atoms with Gasteiger partial charge in [0, 0.05) is 17.8 Å². The highest BCUT2D eigenvalue weighted by Gasteiger charge is 2.12. The molecule has 5 nitrogen and oxygen atoms in total. The Labute approximate surface area is 181 Å². The highest BCUT2D eigenvalue weighted by atomic mass is 35.5. The van der Waals surface area contributed by atoms with Gasteiger partial charge in [0.25, 0.3) is 0 Å². The molecule has 30 heavy (non-hydrogen) atoms. The van der Waals surface area contributed by atoms with Crippen molar-refractivity contribution in [2.75, 3.05) is 14.2 Å². The van der Waals surface area contributed by atoms with E-state index in [1.54, 1.807) is 33.4 Å². The van der Waals surface area contributed by atoms with Gasteiger partial charge in [0.05, 0.1) is 24.9 Å². The van der Waals surface area contributed by atoms with Crippen LogP contribution in [0.25, 0.3) is 0 Å². The number of ether oxygens (including phenoxy) is 3. The minimum Gasteiger partial charge on any atom is -0.497 e. The van der Waals surface area contributed by atoms with Gasteiger partial charge in [-0.15, -0.1) is 0 Å². The van der Waals surface area contributed by atoms with Gasteiger partial charge >= 0.3 is 0 Å². The maximum atomic E-state index is 11.4. The van der Waals surface area contributed by atoms with Crippen molar-refractivity contribution in [1.82, 2.24) is 4.98 Å². The highest BCUT2D eigenvalue weighted by molar-refractivity contribution is 6.32. The second kappa shape index (κ2) is 10.1. The molecule has 0 saturated carbocycles. The van der Waals surface area contributed by atoms with Crippen LogP contribution in [0.2, 0.25) is 5.02 Å². The number of carbonyl (C=O) groups excluding carboxylic acids is 1. The summed E-state index contributed by atoms with van der Waals surface area (Å²) in [6.45, 7) is 1.87. The predicted octanol–water partition coefficient (Wildman–Crippen LogP) is 5.32. The van der Waals surface area contributed by atoms with Gasteiger partial charge in [0.15, 0.2) is 11.5 Å². The standard InChI is InChI=1S/C24H24ClNO4/c1-16(27)19-7-4-17(5-8-19)6-9-23-24(22(25)10-11-26-23)30-15-18-12-20(28-2)14-21(13-18)29-3/h4-5,7-8,10-14H,6,9,15H2,1-3H3. The molecule has 3 aromatic rings. The Kier molecular flexibility index (Phi) is 7.31. The first-order valence-electron chi connectivity index (χ1n) is 9.58. The lowest BCUT2D eigenvalue weighted by atomic mass is 10.0. The number of nitrogens with zero attached hydrogens (tertiary/aromatic N) is 1. The lowest BCUT2D eigenvalue weighted by Crippen LogP contribution is -2.03. The zero-order valence-corrected chi connectivity index (χ0v) is 18.0. The van der Waals surface area contributed by atoms with E-state index in [0.717, 1.165) is 23.2 Å². The van der Waals surface area contributed by atoms with Gasteiger partial charge in [-0.05, 0) is 49.1 Å². The molecule has 0 aliphatic heterocycles. The molecular weight excluding hydrogens is 402 g/mol. The molecule has 0 bridgehead atoms. The Morgan fingerprint density at radius 2 is 1.60 bits per heavy atom. The second-order valence-corrected chi connectivity index (χ2v) is 7.24. The zero-order valence-electron chi connectivity index (χ0n) is 17.3. The Balaban J connectivity index is 1.72. The van der Waals surface area contributed by atoms with Crippen LogP contribution in [0, 0.1) is 0 Å². The van der Waals surface area contributed by atoms with Gasteiger partial charge in [-0.3, -0.25) is 9.78 Å². The van der Waals surface area contributed by atoms with Crippen molar-refractivity contribution in [3.8, 4) is 17.2 Å². The molecule has 0 aliphatic carbocycles. The highest BCUT2D eigenvalue weighted by Crippen LogP contribution is 2.30. The quantitative estimate of drug-likeness (QED) is 0.434. The number of aryl methyl sites for hydroxylation is 2. The number of pyridine rings is 1. The molecule has 0 unspecified atom stereocenters. The first-order valence-corrected chi connectivity index (χ1v) is 9.96. The lowest BCUT2D eigenvalue weighted by Gasteiger charge is -2.14. The minimum absolute atomic E-state index is 0.0583. The summed E-state index contributed by atoms with van der Waals surface area (Å²) >= 11 is 6.40. The van der Waals surface area contributed by atoms with Gasteiger partial charge < -0.3 is 14.2 Å². The summed E-state index contributed by atoms with van der Waals surface area (Å²) in [5, 5.41) is 0.516. The Hall–Kier alpha value is -3.05. The van der Waals surface area contributed by atoms with Gasteiger partial charge in [-0.25, -0.2) is 0 Å². The SMILES string of the molecule is COc1cc(COc2c(Cl)ccnc2CCc2ccc(C(C)=O)cc2)cc(OC)c1. The summed E-state index contributed by atoms with van der Waals surface area (Å²) in [7, 11) is 3.22. The van der Waals surface area contributed by atoms with Crippen LogP contribution in [0.1, 0.15) is 34.1 Å². The first kappa shape index (κ1) is 21.7. The minimum atomic E-state index is 0.0583. The van der Waals surface area contributed by atoms with E-state index < -0.39 is 0 Å². The van der Waals surface area contributed by atoms with E-state index in [1.807, 2.05) is 42.5 Å². The van der Waals surface area contributed by atoms with Crippen LogP contribution < -0.4 is 14.2 Å². The molecule has 1 aromatic heterocycles. The third-order valence-corrected chi connectivity index (χ3v) is 5.03. The molecule has 0 atom stereocenters. The number of methoxy groups -OCH3 is 2. The first-order chi connectivity index (χ1) is 14.5. The number of Topliss-reactive ketones (excluding diaryl/α,β-unsaturated/α-hetero) is 1. The Bertz CT molecular complexity index is 996. The molecule has 0 spiro atoms. The zero-order chi connectivity index (χ0) is 21.5. The van der Waals surface area contributed by atoms with E-state index in [2.05, 4.69) is 4.98 Å². The van der Waals surface area contributed by atoms with Crippen molar-refractivity contribution >= 4 is 17.4 Å². The van der Waals surface area contributed by atoms with E-state index in [-0.39, 0.29) is 5.78 Å². The van der Waals surface area contributed by atoms with E-state index >= 15 is 0 Å². The molecule has 2 aromatic carbocycles. The van der Waals surface area contributed by atoms with Crippen LogP contribution in [0.4, 0.5) is 0 Å². The van der Waals surface area contributed by atoms with Crippen molar-refractivity contribution in [3.05, 3.63) is 82.1 Å². The molecule has 0 aliphatic rings. The maximum absolute atomic E-state index is 11.4. The summed E-state index contributed by atoms with van der Waals surface area (Å²) in [4.78, 5) is 15.9. The number of halogens is 1. The Morgan fingerprint density at radius 1 is 0.933 bits per heavy atom. The molecular formula is C24H24ClNO4. The van der Waals surface area contributed by atoms with E-state index in [0.29, 0.717) is 40.9 Å². The molecule has 1 heterocycles. The van der Waals surface area contributed by atoms with Gasteiger partial charge in [-0.1, -0.05) is 35.9 Å². The van der Waals surface area contributed by atoms with Gasteiger partial charge in [0.2, 0.25) is 0 Å². The molecule has 0 N–H and O–H groups in total. The average molecular weight is 426 g/mol. The second-order valence-electron chi connectivity index (χ2n) is 6.83. The number of hydrogen-bond acceptors (Lipinski definition) is 5. The largest absolute Gasteiger partial charge is 0.497 e. The molecule has 156 valence electrons. The molecule has 6 heteroatoms. The van der Waals surface area contributed by atoms with Gasteiger partial charge in [-0.2, -0.15) is 0 Å². The van der Waals surface area contributed by atoms with E-state index in [1.165, 1.54) is 0 Å². The summed E-state index contributed by atoms with van der Waals surface area (Å²) < 4.78 is 16.7. The van der Waals surface area contributed by atoms with Crippen molar-refractivity contribution in [1.29, 1.82) is 0 Å². The smallest absolute Gasteiger partial charge is 0.159 e. The maximum Gasteiger partial charge on any atom is 0.159 e. The summed E-state index contributed by atoms with van der Waals surface area (Å²) in [5.74, 6) is 2.02. The van der Waals surface area contributed by atoms with Crippen LogP contribution in [-0.4, -0.2) is 25.0 Å². The fourth-order valence-electron chi connectivity index (χ4n) is 3.07. The third-order valence-electron chi connectivity index (χ3n) is 4.74. The average Bonchev–Trinajstić information content (AvgIpc) is 2.77. The molecule has 3 rings (SSSR count). The summed E-state index contributed by atoms with van der Waals surface area (Å²) in [6.07, 6.45) is 3.10. The monoisotopic (exact) mass is 425 g/mol. The van der Waals surface area contributed by atoms with Crippen molar-refractivity contribution in [3.63, 3.8) is 0 Å². The summed E-state index contributed by atoms with van der Waals surface area (Å²) in [5.41, 5.74) is 3.51. The number of rotatable bonds is 9. The van der Waals surface area contributed by atoms with Gasteiger partial charge in [0.1, 0.15) is 18.1 Å². The van der Waals surface area contributed by atoms with E-state index in [9.17, 15) is 4.79 Å². The number of carbonyl (C=O) groups is 1. The van der Waals surface area contributed by atoms with Crippen molar-refractivity contribution in [2.45, 2.75) is 26.4 Å². The topological polar surface area (TPSA) is 57.7 Å². The fraction of sp³-hybridized carbons (Fsp3) is 0.250. The Morgan fingerprint density at radius 3 is 2.20 bits per heavy atom. The fourth-order valence-corrected chi connectivity index (χ4v) is 3.29. The molecule has 0 amide bonds. The number of aromatic nitrogens is 1. The summed E-state index contributed by atoms with van der Waals surface area (Å²) in [6, 6.07) is 14.9. The van der Waals surface area contributed by atoms with Crippen LogP contribution >= 0.6 is 11.6 Å². The van der Waals surface area contributed by atoms with Crippen LogP contribution in [0.3, 0.4) is 0 Å². The predicted molar refractivity (Wildman–Crippen MR) is 117 cm³/mol. The lowest BCUT2D eigenvalue weighted by molar-refractivity contribution is 0.101. The van der Waals surface area contributed by atoms with Crippen LogP contribution in [0.15, 0.2) is 54.7 Å². The van der Waals surface area contributed by atoms with Crippen LogP contribution in [-0.2, 0) is 19.4 Å². The third kappa shape index (κ3) is 5.51. The normalized spacial score (nSPS) is 10.5. The number of hydrogen-bond donors (Lipinski definition) is 0. The van der Waals surface area contributed by atoms with Crippen molar-refractivity contribution in [2.24, 2.45) is 0 Å². The molecule has 0 saturated heterocycles. The molecule has 0 fully saturated rings. The van der Waals surface area contributed by atoms with E-state index in [4.69, 9.17) is 25.8 Å².